The van der Waals surface area contributed by atoms with Crippen molar-refractivity contribution in [2.24, 2.45) is 0 Å². The second kappa shape index (κ2) is 4.42. The number of hydrogen-bond acceptors (Lipinski definition) is 3. The minimum atomic E-state index is -2.85. The van der Waals surface area contributed by atoms with E-state index in [4.69, 9.17) is 0 Å². The molecule has 0 radical (unpaired) electrons. The molecule has 4 heteroatoms. The minimum absolute atomic E-state index is 0.0938. The van der Waals surface area contributed by atoms with Gasteiger partial charge in [0.15, 0.2) is 9.84 Å². The summed E-state index contributed by atoms with van der Waals surface area (Å²) in [4.78, 5) is 0. The third-order valence-corrected chi connectivity index (χ3v) is 5.74. The van der Waals surface area contributed by atoms with E-state index < -0.39 is 9.84 Å². The van der Waals surface area contributed by atoms with Crippen LogP contribution in [0.25, 0.3) is 0 Å². The van der Waals surface area contributed by atoms with Gasteiger partial charge in [0.25, 0.3) is 0 Å². The van der Waals surface area contributed by atoms with Crippen molar-refractivity contribution in [3.05, 3.63) is 0 Å². The molecule has 0 spiro atoms. The normalized spacial score (nSPS) is 22.9. The van der Waals surface area contributed by atoms with Crippen molar-refractivity contribution < 1.29 is 8.42 Å². The van der Waals surface area contributed by atoms with E-state index in [9.17, 15) is 8.42 Å². The van der Waals surface area contributed by atoms with Crippen LogP contribution in [0.15, 0.2) is 0 Å². The Hall–Kier alpha value is -0.0900. The zero-order valence-electron chi connectivity index (χ0n) is 8.41. The molecule has 3 nitrogen and oxygen atoms in total. The Morgan fingerprint density at radius 2 is 1.92 bits per heavy atom. The first kappa shape index (κ1) is 11.0. The Labute approximate surface area is 80.8 Å². The summed E-state index contributed by atoms with van der Waals surface area (Å²) in [5.74, 6) is 0. The van der Waals surface area contributed by atoms with E-state index in [1.54, 1.807) is 0 Å². The molecule has 1 rings (SSSR count). The second-order valence-corrected chi connectivity index (χ2v) is 6.41. The average molecular weight is 205 g/mol. The van der Waals surface area contributed by atoms with Gasteiger partial charge in [-0.2, -0.15) is 0 Å². The van der Waals surface area contributed by atoms with Crippen molar-refractivity contribution in [3.63, 3.8) is 0 Å². The second-order valence-electron chi connectivity index (χ2n) is 3.76. The first-order chi connectivity index (χ1) is 6.09. The number of nitrogens with one attached hydrogen (secondary N) is 1. The van der Waals surface area contributed by atoms with E-state index >= 15 is 0 Å². The summed E-state index contributed by atoms with van der Waals surface area (Å²) in [6.07, 6.45) is 2.30. The van der Waals surface area contributed by atoms with Crippen LogP contribution >= 0.6 is 0 Å². The Balaban J connectivity index is 2.67. The van der Waals surface area contributed by atoms with Crippen LogP contribution in [0.2, 0.25) is 0 Å². The maximum atomic E-state index is 11.9. The molecule has 1 aliphatic heterocycles. The van der Waals surface area contributed by atoms with Crippen molar-refractivity contribution in [3.8, 4) is 0 Å². The van der Waals surface area contributed by atoms with Gasteiger partial charge in [-0.05, 0) is 39.3 Å². The van der Waals surface area contributed by atoms with Crippen LogP contribution in [0, 0.1) is 0 Å². The largest absolute Gasteiger partial charge is 0.317 e. The summed E-state index contributed by atoms with van der Waals surface area (Å²) in [7, 11) is -2.85. The lowest BCUT2D eigenvalue weighted by atomic mass is 10.2. The smallest absolute Gasteiger partial charge is 0.155 e. The number of sulfone groups is 1. The lowest BCUT2D eigenvalue weighted by molar-refractivity contribution is 0.490. The Morgan fingerprint density at radius 3 is 2.38 bits per heavy atom. The lowest BCUT2D eigenvalue weighted by Gasteiger charge is -2.25. The number of rotatable bonds is 3. The molecule has 1 aliphatic rings. The van der Waals surface area contributed by atoms with E-state index in [-0.39, 0.29) is 10.5 Å². The Bertz CT molecular complexity index is 242. The zero-order valence-corrected chi connectivity index (χ0v) is 9.23. The molecule has 0 saturated carbocycles. The van der Waals surface area contributed by atoms with Gasteiger partial charge in [0.1, 0.15) is 0 Å². The van der Waals surface area contributed by atoms with Gasteiger partial charge < -0.3 is 5.32 Å². The monoisotopic (exact) mass is 205 g/mol. The SMILES string of the molecule is CCC(C)S(=O)(=O)C1CCNCC1. The van der Waals surface area contributed by atoms with Crippen molar-refractivity contribution in [2.75, 3.05) is 13.1 Å². The highest BCUT2D eigenvalue weighted by atomic mass is 32.2. The van der Waals surface area contributed by atoms with Crippen LogP contribution in [0.1, 0.15) is 33.1 Å². The molecule has 1 heterocycles. The number of hydrogen-bond donors (Lipinski definition) is 1. The highest BCUT2D eigenvalue weighted by molar-refractivity contribution is 7.92. The molecule has 78 valence electrons. The molecule has 1 atom stereocenters. The summed E-state index contributed by atoms with van der Waals surface area (Å²) in [5.41, 5.74) is 0. The first-order valence-electron chi connectivity index (χ1n) is 5.02. The molecule has 0 aromatic carbocycles. The van der Waals surface area contributed by atoms with E-state index in [2.05, 4.69) is 5.32 Å². The van der Waals surface area contributed by atoms with Gasteiger partial charge in [-0.25, -0.2) is 8.42 Å². The summed E-state index contributed by atoms with van der Waals surface area (Å²) in [6, 6.07) is 0. The van der Waals surface area contributed by atoms with Gasteiger partial charge in [-0.15, -0.1) is 0 Å². The van der Waals surface area contributed by atoms with Gasteiger partial charge >= 0.3 is 0 Å². The van der Waals surface area contributed by atoms with Gasteiger partial charge in [0.05, 0.1) is 10.5 Å². The lowest BCUT2D eigenvalue weighted by Crippen LogP contribution is -2.39. The molecule has 13 heavy (non-hydrogen) atoms. The van der Waals surface area contributed by atoms with Gasteiger partial charge in [-0.3, -0.25) is 0 Å². The third-order valence-electron chi connectivity index (χ3n) is 2.89. The van der Waals surface area contributed by atoms with E-state index in [1.807, 2.05) is 13.8 Å². The molecule has 1 saturated heterocycles. The van der Waals surface area contributed by atoms with Crippen molar-refractivity contribution in [1.82, 2.24) is 5.32 Å². The third kappa shape index (κ3) is 2.44. The fourth-order valence-electron chi connectivity index (χ4n) is 1.68. The predicted octanol–water partition coefficient (Wildman–Crippen LogP) is 0.952. The molecule has 1 N–H and O–H groups in total. The molecule has 0 aromatic heterocycles. The van der Waals surface area contributed by atoms with E-state index in [1.165, 1.54) is 0 Å². The maximum Gasteiger partial charge on any atom is 0.155 e. The predicted molar refractivity (Wildman–Crippen MR) is 54.6 cm³/mol. The van der Waals surface area contributed by atoms with Crippen LogP contribution in [-0.4, -0.2) is 32.0 Å². The van der Waals surface area contributed by atoms with Crippen molar-refractivity contribution in [2.45, 2.75) is 43.6 Å². The van der Waals surface area contributed by atoms with Crippen LogP contribution in [0.3, 0.4) is 0 Å². The Kier molecular flexibility index (Phi) is 3.74. The van der Waals surface area contributed by atoms with Gasteiger partial charge in [0, 0.05) is 0 Å². The Morgan fingerprint density at radius 1 is 1.38 bits per heavy atom. The highest BCUT2D eigenvalue weighted by Gasteiger charge is 2.30. The van der Waals surface area contributed by atoms with Crippen molar-refractivity contribution in [1.29, 1.82) is 0 Å². The maximum absolute atomic E-state index is 11.9. The summed E-state index contributed by atoms with van der Waals surface area (Å²) < 4.78 is 23.8. The van der Waals surface area contributed by atoms with Crippen LogP contribution in [0.5, 0.6) is 0 Å². The number of piperidine rings is 1. The molecule has 0 aliphatic carbocycles. The highest BCUT2D eigenvalue weighted by Crippen LogP contribution is 2.19. The molecular weight excluding hydrogens is 186 g/mol. The fraction of sp³-hybridized carbons (Fsp3) is 1.00. The molecule has 0 aromatic rings. The zero-order chi connectivity index (χ0) is 9.90. The first-order valence-corrected chi connectivity index (χ1v) is 6.63. The molecule has 0 amide bonds. The minimum Gasteiger partial charge on any atom is -0.317 e. The summed E-state index contributed by atoms with van der Waals surface area (Å²) >= 11 is 0. The quantitative estimate of drug-likeness (QED) is 0.746. The fourth-order valence-corrected chi connectivity index (χ4v) is 3.70. The van der Waals surface area contributed by atoms with Crippen LogP contribution in [-0.2, 0) is 9.84 Å². The van der Waals surface area contributed by atoms with Gasteiger partial charge in [0.2, 0.25) is 0 Å². The van der Waals surface area contributed by atoms with Crippen molar-refractivity contribution >= 4 is 9.84 Å². The van der Waals surface area contributed by atoms with E-state index in [0.717, 1.165) is 32.4 Å². The molecule has 0 bridgehead atoms. The van der Waals surface area contributed by atoms with Crippen LogP contribution in [0.4, 0.5) is 0 Å². The summed E-state index contributed by atoms with van der Waals surface area (Å²) in [6.45, 7) is 5.45. The topological polar surface area (TPSA) is 46.2 Å². The van der Waals surface area contributed by atoms with Gasteiger partial charge in [-0.1, -0.05) is 6.92 Å². The van der Waals surface area contributed by atoms with Crippen LogP contribution < -0.4 is 5.32 Å². The molecular formula is C9H19NO2S. The summed E-state index contributed by atoms with van der Waals surface area (Å²) in [5, 5.41) is 2.91. The standard InChI is InChI=1S/C9H19NO2S/c1-3-8(2)13(11,12)9-4-6-10-7-5-9/h8-10H,3-7H2,1-2H3. The van der Waals surface area contributed by atoms with E-state index in [0.29, 0.717) is 0 Å². The molecule has 1 fully saturated rings. The average Bonchev–Trinajstić information content (AvgIpc) is 2.18. The molecule has 1 unspecified atom stereocenters.